The van der Waals surface area contributed by atoms with E-state index in [1.807, 2.05) is 0 Å². The van der Waals surface area contributed by atoms with E-state index in [1.165, 1.54) is 0 Å². The lowest BCUT2D eigenvalue weighted by Gasteiger charge is -2.25. The quantitative estimate of drug-likeness (QED) is 0.415. The van der Waals surface area contributed by atoms with Gasteiger partial charge in [0.25, 0.3) is 0 Å². The van der Waals surface area contributed by atoms with E-state index in [2.05, 4.69) is 104 Å². The summed E-state index contributed by atoms with van der Waals surface area (Å²) in [7, 11) is 4.29. The molecule has 0 saturated carbocycles. The van der Waals surface area contributed by atoms with Gasteiger partial charge < -0.3 is 10.2 Å². The first-order valence-electron chi connectivity index (χ1n) is 10.5. The summed E-state index contributed by atoms with van der Waals surface area (Å²) in [4.78, 5) is 2.19. The lowest BCUT2D eigenvalue weighted by molar-refractivity contribution is 0.633. The number of benzene rings is 1. The number of hydrogen-bond donors (Lipinski definition) is 1. The second kappa shape index (κ2) is 11.2. The lowest BCUT2D eigenvalue weighted by atomic mass is 9.61. The summed E-state index contributed by atoms with van der Waals surface area (Å²) in [5, 5.41) is 3.50. The Bertz CT molecular complexity index is 644. The van der Waals surface area contributed by atoms with Gasteiger partial charge in [0.1, 0.15) is 0 Å². The molecule has 0 amide bonds. The predicted molar refractivity (Wildman–Crippen MR) is 130 cm³/mol. The van der Waals surface area contributed by atoms with E-state index in [9.17, 15) is 0 Å². The van der Waals surface area contributed by atoms with Gasteiger partial charge in [0, 0.05) is 29.8 Å². The first-order chi connectivity index (χ1) is 13.0. The second-order valence-electron chi connectivity index (χ2n) is 9.26. The van der Waals surface area contributed by atoms with Crippen molar-refractivity contribution in [3.8, 4) is 0 Å². The highest BCUT2D eigenvalue weighted by molar-refractivity contribution is 6.61. The van der Waals surface area contributed by atoms with Crippen molar-refractivity contribution in [2.45, 2.75) is 60.8 Å². The summed E-state index contributed by atoms with van der Waals surface area (Å²) >= 11 is 0. The Morgan fingerprint density at radius 2 is 1.46 bits per heavy atom. The zero-order valence-electron chi connectivity index (χ0n) is 19.2. The largest absolute Gasteiger partial charge is 0.359 e. The van der Waals surface area contributed by atoms with Crippen molar-refractivity contribution in [1.29, 1.82) is 0 Å². The maximum atomic E-state index is 4.29. The van der Waals surface area contributed by atoms with Crippen LogP contribution in [0.15, 0.2) is 54.8 Å². The Balaban J connectivity index is 3.13. The summed E-state index contributed by atoms with van der Waals surface area (Å²) in [5.41, 5.74) is 6.69. The Hall–Kier alpha value is -1.90. The molecule has 0 saturated heterocycles. The van der Waals surface area contributed by atoms with Crippen LogP contribution in [0.3, 0.4) is 0 Å². The molecular formula is C25H40BN2. The monoisotopic (exact) mass is 379 g/mol. The van der Waals surface area contributed by atoms with E-state index >= 15 is 0 Å². The van der Waals surface area contributed by atoms with Gasteiger partial charge in [-0.15, -0.1) is 12.1 Å². The van der Waals surface area contributed by atoms with Crippen LogP contribution in [0.2, 0.25) is 0 Å². The summed E-state index contributed by atoms with van der Waals surface area (Å²) < 4.78 is 0. The third-order valence-corrected chi connectivity index (χ3v) is 4.46. The zero-order valence-corrected chi connectivity index (χ0v) is 19.2. The van der Waals surface area contributed by atoms with Crippen molar-refractivity contribution < 1.29 is 0 Å². The third kappa shape index (κ3) is 8.86. The maximum Gasteiger partial charge on any atom is 0.185 e. The van der Waals surface area contributed by atoms with Crippen molar-refractivity contribution in [2.24, 2.45) is 17.8 Å². The molecule has 1 N–H and O–H groups in total. The van der Waals surface area contributed by atoms with Crippen LogP contribution in [0.4, 0.5) is 11.4 Å². The molecule has 0 aliphatic rings. The van der Waals surface area contributed by atoms with Gasteiger partial charge in [-0.1, -0.05) is 60.2 Å². The third-order valence-electron chi connectivity index (χ3n) is 4.46. The van der Waals surface area contributed by atoms with Crippen molar-refractivity contribution in [1.82, 2.24) is 0 Å². The second-order valence-corrected chi connectivity index (χ2v) is 9.26. The van der Waals surface area contributed by atoms with Gasteiger partial charge in [-0.2, -0.15) is 0 Å². The van der Waals surface area contributed by atoms with Gasteiger partial charge in [-0.05, 0) is 55.2 Å². The van der Waals surface area contributed by atoms with E-state index in [0.29, 0.717) is 17.8 Å². The molecule has 153 valence electrons. The minimum Gasteiger partial charge on any atom is -0.359 e. The highest BCUT2D eigenvalue weighted by Crippen LogP contribution is 2.25. The Labute approximate surface area is 175 Å². The molecule has 0 fully saturated rings. The molecule has 1 radical (unpaired) electrons. The summed E-state index contributed by atoms with van der Waals surface area (Å²) in [6.45, 7) is 26.1. The van der Waals surface area contributed by atoms with Gasteiger partial charge in [0.05, 0.1) is 0 Å². The number of rotatable bonds is 12. The number of nitrogens with zero attached hydrogens (tertiary/aromatic N) is 1. The van der Waals surface area contributed by atoms with Gasteiger partial charge in [0.2, 0.25) is 0 Å². The van der Waals surface area contributed by atoms with Crippen LogP contribution < -0.4 is 15.7 Å². The fraction of sp³-hybridized carbons (Fsp3) is 0.520. The van der Waals surface area contributed by atoms with Crippen LogP contribution >= 0.6 is 0 Å². The fourth-order valence-electron chi connectivity index (χ4n) is 3.34. The molecular weight excluding hydrogens is 339 g/mol. The van der Waals surface area contributed by atoms with Gasteiger partial charge in [-0.25, -0.2) is 0 Å². The highest BCUT2D eigenvalue weighted by atomic mass is 15.1. The van der Waals surface area contributed by atoms with E-state index in [1.54, 1.807) is 0 Å². The Morgan fingerprint density at radius 3 is 2.00 bits per heavy atom. The smallest absolute Gasteiger partial charge is 0.185 e. The number of hydrogen-bond acceptors (Lipinski definition) is 2. The lowest BCUT2D eigenvalue weighted by Crippen LogP contribution is -2.23. The molecule has 0 aromatic heterocycles. The van der Waals surface area contributed by atoms with Crippen molar-refractivity contribution in [2.75, 3.05) is 17.3 Å². The molecule has 0 aliphatic heterocycles. The average Bonchev–Trinajstić information content (AvgIpc) is 2.51. The van der Waals surface area contributed by atoms with Crippen LogP contribution in [0, 0.1) is 17.8 Å². The van der Waals surface area contributed by atoms with Crippen LogP contribution in [0.25, 0.3) is 0 Å². The summed E-state index contributed by atoms with van der Waals surface area (Å²) in [6, 6.07) is 6.58. The minimum atomic E-state index is 0.577. The summed E-state index contributed by atoms with van der Waals surface area (Å²) in [6.07, 6.45) is 2.94. The molecule has 0 bridgehead atoms. The molecule has 1 aromatic carbocycles. The molecule has 0 unspecified atom stereocenters. The molecule has 0 heterocycles. The normalized spacial score (nSPS) is 11.1. The van der Waals surface area contributed by atoms with E-state index in [4.69, 9.17) is 0 Å². The zero-order chi connectivity index (χ0) is 21.4. The first-order valence-corrected chi connectivity index (χ1v) is 10.5. The van der Waals surface area contributed by atoms with E-state index < -0.39 is 0 Å². The van der Waals surface area contributed by atoms with Crippen molar-refractivity contribution >= 4 is 24.1 Å². The minimum absolute atomic E-state index is 0.577. The van der Waals surface area contributed by atoms with Gasteiger partial charge in [-0.3, -0.25) is 0 Å². The molecule has 28 heavy (non-hydrogen) atoms. The number of anilines is 2. The van der Waals surface area contributed by atoms with E-state index in [-0.39, 0.29) is 0 Å². The molecule has 0 atom stereocenters. The van der Waals surface area contributed by atoms with Crippen molar-refractivity contribution in [3.63, 3.8) is 0 Å². The van der Waals surface area contributed by atoms with Gasteiger partial charge >= 0.3 is 0 Å². The van der Waals surface area contributed by atoms with Gasteiger partial charge in [0.15, 0.2) is 7.28 Å². The topological polar surface area (TPSA) is 15.3 Å². The van der Waals surface area contributed by atoms with Crippen LogP contribution in [-0.2, 0) is 0 Å². The average molecular weight is 379 g/mol. The first kappa shape index (κ1) is 24.1. The highest BCUT2D eigenvalue weighted by Gasteiger charge is 2.12. The SMILES string of the molecule is C=C([B]c1cc(NC(=C)CC(C)C)cc(N(C)C(=C)CC(C)C)c1)CC(C)C. The molecule has 1 rings (SSSR count). The van der Waals surface area contributed by atoms with E-state index in [0.717, 1.165) is 53.0 Å². The number of nitrogens with one attached hydrogen (secondary N) is 1. The Morgan fingerprint density at radius 1 is 0.893 bits per heavy atom. The van der Waals surface area contributed by atoms with Crippen LogP contribution in [0.5, 0.6) is 0 Å². The molecule has 3 heteroatoms. The standard InChI is InChI=1S/C25H40BN2/c1-17(2)11-20(7)26-23-14-24(27-21(8)12-18(3)4)16-25(15-23)28(10)22(9)13-19(5)6/h14-19,27H,7-9,11-13H2,1-6,10H3. The van der Waals surface area contributed by atoms with Crippen molar-refractivity contribution in [3.05, 3.63) is 54.8 Å². The maximum absolute atomic E-state index is 4.29. The van der Waals surface area contributed by atoms with Crippen LogP contribution in [0.1, 0.15) is 60.8 Å². The Kier molecular flexibility index (Phi) is 9.65. The number of allylic oxidation sites excluding steroid dienone is 3. The predicted octanol–water partition coefficient (Wildman–Crippen LogP) is 6.54. The molecule has 0 spiro atoms. The fourth-order valence-corrected chi connectivity index (χ4v) is 3.34. The summed E-state index contributed by atoms with van der Waals surface area (Å²) in [5.74, 6) is 1.76. The van der Waals surface area contributed by atoms with Crippen LogP contribution in [-0.4, -0.2) is 14.3 Å². The molecule has 1 aromatic rings. The molecule has 2 nitrogen and oxygen atoms in total. The molecule has 0 aliphatic carbocycles.